The number of para-hydroxylation sites is 1. The number of benzene rings is 3. The van der Waals surface area contributed by atoms with Crippen molar-refractivity contribution in [3.63, 3.8) is 0 Å². The molecule has 0 aliphatic carbocycles. The molecule has 150 valence electrons. The maximum absolute atomic E-state index is 12.4. The Hall–Kier alpha value is -2.09. The number of halogens is 3. The Bertz CT molecular complexity index is 1100. The van der Waals surface area contributed by atoms with Gasteiger partial charge >= 0.3 is 0 Å². The summed E-state index contributed by atoms with van der Waals surface area (Å²) in [6.07, 6.45) is 1.57. The lowest BCUT2D eigenvalue weighted by Crippen LogP contribution is -2.13. The second-order valence-electron chi connectivity index (χ2n) is 6.22. The van der Waals surface area contributed by atoms with Crippen molar-refractivity contribution in [2.75, 3.05) is 5.32 Å². The summed E-state index contributed by atoms with van der Waals surface area (Å²) in [7, 11) is 0. The molecule has 0 unspecified atom stereocenters. The third-order valence-corrected chi connectivity index (χ3v) is 5.88. The third-order valence-electron chi connectivity index (χ3n) is 4.02. The lowest BCUT2D eigenvalue weighted by atomic mass is 10.1. The summed E-state index contributed by atoms with van der Waals surface area (Å²) in [5.74, 6) is 0.312. The van der Waals surface area contributed by atoms with Crippen LogP contribution in [0.1, 0.15) is 11.1 Å². The van der Waals surface area contributed by atoms with Crippen molar-refractivity contribution in [2.45, 2.75) is 6.61 Å². The topological polar surface area (TPSA) is 62.1 Å². The molecule has 0 fully saturated rings. The monoisotopic (exact) mass is 640 g/mol. The molecule has 30 heavy (non-hydrogen) atoms. The fraction of sp³-hybridized carbons (Fsp3) is 0.0435. The fourth-order valence-corrected chi connectivity index (χ4v) is 4.83. The van der Waals surface area contributed by atoms with E-state index in [0.29, 0.717) is 17.3 Å². The van der Waals surface area contributed by atoms with Crippen LogP contribution in [0.25, 0.3) is 6.08 Å². The van der Waals surface area contributed by atoms with E-state index in [9.17, 15) is 10.1 Å². The molecule has 0 aliphatic rings. The van der Waals surface area contributed by atoms with E-state index in [1.54, 1.807) is 18.2 Å². The van der Waals surface area contributed by atoms with Crippen molar-refractivity contribution in [3.05, 3.63) is 95.6 Å². The van der Waals surface area contributed by atoms with E-state index in [4.69, 9.17) is 16.3 Å². The van der Waals surface area contributed by atoms with Crippen molar-refractivity contribution in [2.24, 2.45) is 0 Å². The molecule has 7 heteroatoms. The molecule has 4 nitrogen and oxygen atoms in total. The fourth-order valence-electron chi connectivity index (χ4n) is 2.57. The summed E-state index contributed by atoms with van der Waals surface area (Å²) in [4.78, 5) is 12.4. The zero-order chi connectivity index (χ0) is 21.5. The Kier molecular flexibility index (Phi) is 8.13. The molecular formula is C23H15ClI2N2O2. The molecule has 0 aromatic heterocycles. The summed E-state index contributed by atoms with van der Waals surface area (Å²) in [6.45, 7) is 0.418. The number of amides is 1. The number of ether oxygens (including phenoxy) is 1. The van der Waals surface area contributed by atoms with Crippen molar-refractivity contribution < 1.29 is 9.53 Å². The smallest absolute Gasteiger partial charge is 0.266 e. The number of nitriles is 1. The number of carbonyl (C=O) groups excluding carboxylic acids is 1. The summed E-state index contributed by atoms with van der Waals surface area (Å²) in [5, 5.41) is 12.9. The van der Waals surface area contributed by atoms with Crippen LogP contribution in [0.2, 0.25) is 5.02 Å². The Labute approximate surface area is 207 Å². The van der Waals surface area contributed by atoms with Crippen molar-refractivity contribution in [1.29, 1.82) is 5.26 Å². The van der Waals surface area contributed by atoms with Crippen LogP contribution in [0.3, 0.4) is 0 Å². The molecule has 0 spiro atoms. The first kappa shape index (κ1) is 22.6. The van der Waals surface area contributed by atoms with Gasteiger partial charge in [0.05, 0.1) is 7.14 Å². The van der Waals surface area contributed by atoms with E-state index in [2.05, 4.69) is 50.5 Å². The van der Waals surface area contributed by atoms with Crippen LogP contribution < -0.4 is 10.1 Å². The molecule has 0 aliphatic heterocycles. The lowest BCUT2D eigenvalue weighted by molar-refractivity contribution is -0.112. The minimum atomic E-state index is -0.447. The van der Waals surface area contributed by atoms with Crippen LogP contribution in [-0.2, 0) is 11.4 Å². The van der Waals surface area contributed by atoms with Gasteiger partial charge in [-0.3, -0.25) is 4.79 Å². The van der Waals surface area contributed by atoms with Crippen LogP contribution in [-0.4, -0.2) is 5.91 Å². The van der Waals surface area contributed by atoms with Gasteiger partial charge in [0.1, 0.15) is 24.0 Å². The van der Waals surface area contributed by atoms with Crippen LogP contribution in [0, 0.1) is 18.5 Å². The minimum Gasteiger partial charge on any atom is -0.487 e. The normalized spacial score (nSPS) is 10.9. The zero-order valence-corrected chi connectivity index (χ0v) is 20.6. The highest BCUT2D eigenvalue weighted by Crippen LogP contribution is 2.30. The molecule has 3 aromatic carbocycles. The van der Waals surface area contributed by atoms with Gasteiger partial charge in [-0.1, -0.05) is 41.9 Å². The van der Waals surface area contributed by atoms with E-state index in [1.807, 2.05) is 60.7 Å². The molecule has 0 radical (unpaired) electrons. The first-order chi connectivity index (χ1) is 14.5. The van der Waals surface area contributed by atoms with Gasteiger partial charge in [0.25, 0.3) is 5.91 Å². The summed E-state index contributed by atoms with van der Waals surface area (Å²) in [5.41, 5.74) is 2.43. The zero-order valence-electron chi connectivity index (χ0n) is 15.5. The summed E-state index contributed by atoms with van der Waals surface area (Å²) in [6, 6.07) is 22.3. The standard InChI is InChI=1S/C23H15ClI2N2O2/c24-18-8-6-15(7-9-18)14-30-22-20(25)11-16(12-21(22)26)10-17(13-27)23(29)28-19-4-2-1-3-5-19/h1-12H,14H2,(H,28,29)/b17-10-. The number of anilines is 1. The summed E-state index contributed by atoms with van der Waals surface area (Å²) >= 11 is 10.3. The Balaban J connectivity index is 1.76. The number of nitrogens with zero attached hydrogens (tertiary/aromatic N) is 1. The van der Waals surface area contributed by atoms with Gasteiger partial charge in [0.2, 0.25) is 0 Å². The molecule has 3 rings (SSSR count). The van der Waals surface area contributed by atoms with Crippen molar-refractivity contribution in [3.8, 4) is 11.8 Å². The number of nitrogens with one attached hydrogen (secondary N) is 1. The van der Waals surface area contributed by atoms with Gasteiger partial charge in [0.15, 0.2) is 0 Å². The van der Waals surface area contributed by atoms with E-state index in [1.165, 1.54) is 0 Å². The number of carbonyl (C=O) groups is 1. The van der Waals surface area contributed by atoms with Gasteiger partial charge in [0, 0.05) is 10.7 Å². The average Bonchev–Trinajstić information content (AvgIpc) is 2.73. The van der Waals surface area contributed by atoms with Crippen LogP contribution >= 0.6 is 56.8 Å². The maximum Gasteiger partial charge on any atom is 0.266 e. The highest BCUT2D eigenvalue weighted by molar-refractivity contribution is 14.1. The molecule has 0 heterocycles. The van der Waals surface area contributed by atoms with Gasteiger partial charge < -0.3 is 10.1 Å². The van der Waals surface area contributed by atoms with E-state index in [0.717, 1.165) is 24.0 Å². The second-order valence-corrected chi connectivity index (χ2v) is 8.98. The average molecular weight is 641 g/mol. The molecule has 0 bridgehead atoms. The predicted molar refractivity (Wildman–Crippen MR) is 136 cm³/mol. The predicted octanol–water partition coefficient (Wildman–Crippen LogP) is 6.67. The van der Waals surface area contributed by atoms with Gasteiger partial charge in [-0.15, -0.1) is 0 Å². The molecule has 3 aromatic rings. The highest BCUT2D eigenvalue weighted by Gasteiger charge is 2.13. The van der Waals surface area contributed by atoms with Crippen molar-refractivity contribution >= 4 is 74.5 Å². The summed E-state index contributed by atoms with van der Waals surface area (Å²) < 4.78 is 7.76. The molecule has 1 N–H and O–H groups in total. The van der Waals surface area contributed by atoms with Crippen molar-refractivity contribution in [1.82, 2.24) is 0 Å². The largest absolute Gasteiger partial charge is 0.487 e. The van der Waals surface area contributed by atoms with E-state index < -0.39 is 5.91 Å². The number of rotatable bonds is 6. The van der Waals surface area contributed by atoms with Gasteiger partial charge in [-0.05, 0) is 98.8 Å². The maximum atomic E-state index is 12.4. The number of hydrogen-bond donors (Lipinski definition) is 1. The van der Waals surface area contributed by atoms with E-state index >= 15 is 0 Å². The number of hydrogen-bond acceptors (Lipinski definition) is 3. The molecule has 0 saturated heterocycles. The van der Waals surface area contributed by atoms with E-state index in [-0.39, 0.29) is 5.57 Å². The molecule has 1 amide bonds. The highest BCUT2D eigenvalue weighted by atomic mass is 127. The molecule has 0 saturated carbocycles. The third kappa shape index (κ3) is 6.20. The SMILES string of the molecule is N#C/C(=C/c1cc(I)c(OCc2ccc(Cl)cc2)c(I)c1)C(=O)Nc1ccccc1. The Morgan fingerprint density at radius 3 is 2.30 bits per heavy atom. The Morgan fingerprint density at radius 2 is 1.70 bits per heavy atom. The van der Waals surface area contributed by atoms with Gasteiger partial charge in [-0.2, -0.15) is 5.26 Å². The second kappa shape index (κ2) is 10.8. The quantitative estimate of drug-likeness (QED) is 0.186. The minimum absolute atomic E-state index is 0.0280. The first-order valence-electron chi connectivity index (χ1n) is 8.81. The molecular weight excluding hydrogens is 626 g/mol. The molecule has 0 atom stereocenters. The lowest BCUT2D eigenvalue weighted by Gasteiger charge is -2.12. The van der Waals surface area contributed by atoms with Crippen LogP contribution in [0.5, 0.6) is 5.75 Å². The van der Waals surface area contributed by atoms with Gasteiger partial charge in [-0.25, -0.2) is 0 Å². The Morgan fingerprint density at radius 1 is 1.07 bits per heavy atom. The first-order valence-corrected chi connectivity index (χ1v) is 11.3. The van der Waals surface area contributed by atoms with Crippen LogP contribution in [0.15, 0.2) is 72.3 Å². The van der Waals surface area contributed by atoms with Crippen LogP contribution in [0.4, 0.5) is 5.69 Å².